The van der Waals surface area contributed by atoms with Crippen molar-refractivity contribution in [2.75, 3.05) is 13.6 Å². The molecule has 0 saturated carbocycles. The quantitative estimate of drug-likeness (QED) is 0.816. The Morgan fingerprint density at radius 1 is 0.917 bits per heavy atom. The van der Waals surface area contributed by atoms with Crippen molar-refractivity contribution in [3.8, 4) is 23.0 Å². The van der Waals surface area contributed by atoms with Crippen LogP contribution in [0.15, 0.2) is 24.3 Å². The van der Waals surface area contributed by atoms with Crippen LogP contribution in [0, 0.1) is 0 Å². The Morgan fingerprint density at radius 2 is 1.50 bits per heavy atom. The lowest BCUT2D eigenvalue weighted by Gasteiger charge is -2.01. The van der Waals surface area contributed by atoms with Crippen molar-refractivity contribution < 1.29 is 28.8 Å². The van der Waals surface area contributed by atoms with Crippen LogP contribution in [0.1, 0.15) is 15.9 Å². The summed E-state index contributed by atoms with van der Waals surface area (Å²) in [5.41, 5.74) is 1.22. The minimum atomic E-state index is -0.0453. The van der Waals surface area contributed by atoms with Crippen molar-refractivity contribution in [3.05, 3.63) is 45.4 Å². The zero-order valence-electron chi connectivity index (χ0n) is 12.3. The second-order valence-corrected chi connectivity index (χ2v) is 5.64. The molecule has 2 aliphatic rings. The van der Waals surface area contributed by atoms with Gasteiger partial charge in [0, 0.05) is 5.56 Å². The number of halogens is 2. The van der Waals surface area contributed by atoms with Crippen LogP contribution >= 0.6 is 23.2 Å². The minimum Gasteiger partial charge on any atom is -0.454 e. The molecule has 126 valence electrons. The molecule has 24 heavy (non-hydrogen) atoms. The number of benzene rings is 2. The van der Waals surface area contributed by atoms with Crippen molar-refractivity contribution in [2.45, 2.75) is 6.61 Å². The topological polar surface area (TPSA) is 74.2 Å². The summed E-state index contributed by atoms with van der Waals surface area (Å²) in [5.74, 6) is 2.22. The molecule has 4 rings (SSSR count). The van der Waals surface area contributed by atoms with E-state index >= 15 is 0 Å². The molecule has 8 heteroatoms. The van der Waals surface area contributed by atoms with Crippen LogP contribution in [0.5, 0.6) is 23.0 Å². The van der Waals surface area contributed by atoms with Gasteiger partial charge in [-0.1, -0.05) is 23.2 Å². The molecular weight excluding hydrogens is 359 g/mol. The van der Waals surface area contributed by atoms with E-state index in [1.165, 1.54) is 0 Å². The second-order valence-electron chi connectivity index (χ2n) is 4.82. The van der Waals surface area contributed by atoms with Crippen molar-refractivity contribution in [1.29, 1.82) is 0 Å². The van der Waals surface area contributed by atoms with Gasteiger partial charge in [0.05, 0.1) is 16.7 Å². The first-order chi connectivity index (χ1) is 11.6. The van der Waals surface area contributed by atoms with E-state index in [1.54, 1.807) is 24.3 Å². The molecule has 0 spiro atoms. The summed E-state index contributed by atoms with van der Waals surface area (Å²) >= 11 is 11.6. The normalized spacial score (nSPS) is 13.3. The Labute approximate surface area is 147 Å². The van der Waals surface area contributed by atoms with E-state index in [1.807, 2.05) is 0 Å². The maximum atomic E-state index is 10.4. The third-order valence-electron chi connectivity index (χ3n) is 3.26. The number of aldehydes is 1. The first-order valence-corrected chi connectivity index (χ1v) is 7.61. The van der Waals surface area contributed by atoms with Gasteiger partial charge < -0.3 is 24.1 Å². The van der Waals surface area contributed by atoms with Crippen LogP contribution in [0.2, 0.25) is 10.0 Å². The number of hydrogen-bond acceptors (Lipinski definition) is 6. The highest BCUT2D eigenvalue weighted by Gasteiger charge is 2.18. The highest BCUT2D eigenvalue weighted by Crippen LogP contribution is 2.40. The third kappa shape index (κ3) is 3.36. The zero-order valence-corrected chi connectivity index (χ0v) is 13.8. The lowest BCUT2D eigenvalue weighted by Crippen LogP contribution is -1.93. The number of aliphatic hydroxyl groups is 1. The summed E-state index contributed by atoms with van der Waals surface area (Å²) in [6, 6.07) is 6.52. The maximum Gasteiger partial charge on any atom is 0.231 e. The molecule has 0 fully saturated rings. The monoisotopic (exact) mass is 370 g/mol. The predicted molar refractivity (Wildman–Crippen MR) is 86.5 cm³/mol. The van der Waals surface area contributed by atoms with Crippen LogP contribution in [-0.2, 0) is 6.61 Å². The Bertz CT molecular complexity index is 778. The molecule has 0 bridgehead atoms. The first-order valence-electron chi connectivity index (χ1n) is 6.85. The van der Waals surface area contributed by atoms with E-state index in [9.17, 15) is 4.79 Å². The molecule has 2 aromatic rings. The molecule has 0 aromatic heterocycles. The average Bonchev–Trinajstić information content (AvgIpc) is 3.24. The molecule has 2 heterocycles. The fraction of sp³-hybridized carbons (Fsp3) is 0.188. The largest absolute Gasteiger partial charge is 0.454 e. The summed E-state index contributed by atoms with van der Waals surface area (Å²) in [5, 5.41) is 9.73. The highest BCUT2D eigenvalue weighted by atomic mass is 35.5. The van der Waals surface area contributed by atoms with Crippen molar-refractivity contribution in [1.82, 2.24) is 0 Å². The third-order valence-corrected chi connectivity index (χ3v) is 3.82. The standard InChI is InChI=1S/C8H7ClO3.C8H5ClO3/c2*9-6-1-5(3-10)2-7-8(6)12-4-11-7/h1-2,10H,3-4H2;1-3H,4H2. The Morgan fingerprint density at radius 3 is 2.08 bits per heavy atom. The molecular formula is C16H12Cl2O6. The van der Waals surface area contributed by atoms with Crippen LogP contribution in [0.4, 0.5) is 0 Å². The van der Waals surface area contributed by atoms with E-state index in [-0.39, 0.29) is 20.2 Å². The van der Waals surface area contributed by atoms with Gasteiger partial charge in [-0.05, 0) is 29.8 Å². The van der Waals surface area contributed by atoms with Gasteiger partial charge in [-0.3, -0.25) is 4.79 Å². The van der Waals surface area contributed by atoms with Gasteiger partial charge in [0.2, 0.25) is 13.6 Å². The Hall–Kier alpha value is -2.15. The molecule has 6 nitrogen and oxygen atoms in total. The number of rotatable bonds is 2. The lowest BCUT2D eigenvalue weighted by atomic mass is 10.2. The summed E-state index contributed by atoms with van der Waals surface area (Å²) < 4.78 is 20.3. The number of aliphatic hydroxyl groups excluding tert-OH is 1. The molecule has 0 radical (unpaired) electrons. The van der Waals surface area contributed by atoms with E-state index in [0.29, 0.717) is 44.9 Å². The SMILES string of the molecule is O=Cc1cc(Cl)c2c(c1)OCO2.OCc1cc(Cl)c2c(c1)OCO2. The van der Waals surface area contributed by atoms with Crippen LogP contribution < -0.4 is 18.9 Å². The number of carbonyl (C=O) groups is 1. The fourth-order valence-corrected chi connectivity index (χ4v) is 2.73. The van der Waals surface area contributed by atoms with E-state index in [2.05, 4.69) is 0 Å². The Balaban J connectivity index is 0.000000141. The lowest BCUT2D eigenvalue weighted by molar-refractivity contribution is 0.112. The molecule has 0 atom stereocenters. The number of ether oxygens (including phenoxy) is 4. The Kier molecular flexibility index (Phi) is 4.99. The van der Waals surface area contributed by atoms with Gasteiger partial charge in [0.1, 0.15) is 6.29 Å². The van der Waals surface area contributed by atoms with Gasteiger partial charge in [-0.15, -0.1) is 0 Å². The number of carbonyl (C=O) groups excluding carboxylic acids is 1. The molecule has 1 N–H and O–H groups in total. The van der Waals surface area contributed by atoms with Crippen molar-refractivity contribution in [2.24, 2.45) is 0 Å². The zero-order chi connectivity index (χ0) is 17.1. The summed E-state index contributed by atoms with van der Waals surface area (Å²) in [6.45, 7) is 0.317. The van der Waals surface area contributed by atoms with Gasteiger partial charge in [-0.2, -0.15) is 0 Å². The predicted octanol–water partition coefficient (Wildman–Crippen LogP) is 3.44. The molecule has 2 aliphatic heterocycles. The molecule has 0 unspecified atom stereocenters. The van der Waals surface area contributed by atoms with Crippen molar-refractivity contribution >= 4 is 29.5 Å². The number of hydrogen-bond donors (Lipinski definition) is 1. The molecule has 2 aromatic carbocycles. The minimum absolute atomic E-state index is 0.0453. The second kappa shape index (κ2) is 7.17. The van der Waals surface area contributed by atoms with Gasteiger partial charge in [0.25, 0.3) is 0 Å². The van der Waals surface area contributed by atoms with Crippen LogP contribution in [-0.4, -0.2) is 25.0 Å². The van der Waals surface area contributed by atoms with Gasteiger partial charge in [0.15, 0.2) is 23.0 Å². The average molecular weight is 371 g/mol. The van der Waals surface area contributed by atoms with E-state index < -0.39 is 0 Å². The van der Waals surface area contributed by atoms with Crippen molar-refractivity contribution in [3.63, 3.8) is 0 Å². The van der Waals surface area contributed by atoms with Crippen LogP contribution in [0.25, 0.3) is 0 Å². The van der Waals surface area contributed by atoms with Crippen LogP contribution in [0.3, 0.4) is 0 Å². The smallest absolute Gasteiger partial charge is 0.231 e. The summed E-state index contributed by atoms with van der Waals surface area (Å²) in [7, 11) is 0. The summed E-state index contributed by atoms with van der Waals surface area (Å²) in [6.07, 6.45) is 0.716. The van der Waals surface area contributed by atoms with E-state index in [4.69, 9.17) is 47.3 Å². The fourth-order valence-electron chi connectivity index (χ4n) is 2.17. The first kappa shape index (κ1) is 16.7. The number of fused-ring (bicyclic) bond motifs is 2. The molecule has 0 aliphatic carbocycles. The van der Waals surface area contributed by atoms with Gasteiger partial charge in [-0.25, -0.2) is 0 Å². The van der Waals surface area contributed by atoms with E-state index in [0.717, 1.165) is 5.56 Å². The highest BCUT2D eigenvalue weighted by molar-refractivity contribution is 6.32. The molecule has 0 amide bonds. The summed E-state index contributed by atoms with van der Waals surface area (Å²) in [4.78, 5) is 10.4. The maximum absolute atomic E-state index is 10.4. The van der Waals surface area contributed by atoms with Gasteiger partial charge >= 0.3 is 0 Å². The molecule has 0 saturated heterocycles.